The van der Waals surface area contributed by atoms with Gasteiger partial charge in [0.15, 0.2) is 12.4 Å². The highest BCUT2D eigenvalue weighted by atomic mass is 35.5. The molecule has 2 aliphatic rings. The molecule has 4 nitrogen and oxygen atoms in total. The lowest BCUT2D eigenvalue weighted by Crippen LogP contribution is -2.28. The summed E-state index contributed by atoms with van der Waals surface area (Å²) < 4.78 is 10.2. The zero-order valence-corrected chi connectivity index (χ0v) is 17.5. The van der Waals surface area contributed by atoms with Crippen molar-refractivity contribution in [2.75, 3.05) is 13.7 Å². The van der Waals surface area contributed by atoms with Crippen LogP contribution in [0.25, 0.3) is 5.57 Å². The van der Waals surface area contributed by atoms with Gasteiger partial charge in [-0.25, -0.2) is 4.79 Å². The van der Waals surface area contributed by atoms with Gasteiger partial charge in [-0.3, -0.25) is 4.79 Å². The van der Waals surface area contributed by atoms with E-state index in [1.54, 1.807) is 6.08 Å². The Morgan fingerprint density at radius 2 is 1.93 bits per heavy atom. The summed E-state index contributed by atoms with van der Waals surface area (Å²) in [6, 6.07) is 12.1. The first-order valence-electron chi connectivity index (χ1n) is 9.43. The second-order valence-electron chi connectivity index (χ2n) is 7.55. The second-order valence-corrected chi connectivity index (χ2v) is 8.30. The molecule has 0 spiro atoms. The predicted molar refractivity (Wildman–Crippen MR) is 112 cm³/mol. The van der Waals surface area contributed by atoms with E-state index in [0.29, 0.717) is 17.2 Å². The Hall–Kier alpha value is -2.30. The van der Waals surface area contributed by atoms with E-state index in [1.807, 2.05) is 24.3 Å². The molecule has 0 saturated heterocycles. The average Bonchev–Trinajstić information content (AvgIpc) is 3.03. The fourth-order valence-electron chi connectivity index (χ4n) is 4.39. The Morgan fingerprint density at radius 3 is 2.66 bits per heavy atom. The fourth-order valence-corrected chi connectivity index (χ4v) is 4.91. The number of carbonyl (C=O) groups excluding carboxylic acids is 2. The monoisotopic (exact) mass is 430 g/mol. The summed E-state index contributed by atoms with van der Waals surface area (Å²) in [7, 11) is 1.30. The Balaban J connectivity index is 1.76. The number of hydrogen-bond donors (Lipinski definition) is 0. The van der Waals surface area contributed by atoms with Crippen LogP contribution in [0.1, 0.15) is 29.5 Å². The van der Waals surface area contributed by atoms with Gasteiger partial charge in [-0.15, -0.1) is 0 Å². The molecule has 2 aliphatic carbocycles. The zero-order chi connectivity index (χ0) is 20.6. The SMILES string of the molecule is COC(=O)COc1cc2c(c(Cl)c1Cl)C1=CC(=O)CCC1(Cc1ccccc1)C2. The molecule has 0 radical (unpaired) electrons. The van der Waals surface area contributed by atoms with Crippen molar-refractivity contribution in [2.45, 2.75) is 25.7 Å². The Labute approximate surface area is 179 Å². The number of hydrogen-bond acceptors (Lipinski definition) is 4. The predicted octanol–water partition coefficient (Wildman–Crippen LogP) is 5.08. The first-order chi connectivity index (χ1) is 13.9. The van der Waals surface area contributed by atoms with Crippen molar-refractivity contribution in [3.63, 3.8) is 0 Å². The van der Waals surface area contributed by atoms with E-state index in [0.717, 1.165) is 36.0 Å². The van der Waals surface area contributed by atoms with Crippen LogP contribution in [-0.2, 0) is 27.2 Å². The van der Waals surface area contributed by atoms with Crippen molar-refractivity contribution >= 4 is 40.5 Å². The van der Waals surface area contributed by atoms with Crippen molar-refractivity contribution in [2.24, 2.45) is 5.41 Å². The number of ether oxygens (including phenoxy) is 2. The third-order valence-corrected chi connectivity index (χ3v) is 6.59. The second kappa shape index (κ2) is 7.85. The van der Waals surface area contributed by atoms with Gasteiger partial charge in [0, 0.05) is 17.4 Å². The Morgan fingerprint density at radius 1 is 1.17 bits per heavy atom. The third kappa shape index (κ3) is 3.67. The molecule has 29 heavy (non-hydrogen) atoms. The van der Waals surface area contributed by atoms with Gasteiger partial charge in [-0.1, -0.05) is 53.5 Å². The molecule has 1 unspecified atom stereocenters. The number of esters is 1. The molecule has 0 bridgehead atoms. The summed E-state index contributed by atoms with van der Waals surface area (Å²) in [6.45, 7) is -0.248. The first kappa shape index (κ1) is 20.0. The van der Waals surface area contributed by atoms with Crippen molar-refractivity contribution in [3.05, 3.63) is 69.2 Å². The Bertz CT molecular complexity index is 1010. The summed E-state index contributed by atoms with van der Waals surface area (Å²) in [4.78, 5) is 23.7. The number of rotatable bonds is 5. The molecule has 0 aromatic heterocycles. The lowest BCUT2D eigenvalue weighted by atomic mass is 9.69. The van der Waals surface area contributed by atoms with Crippen molar-refractivity contribution in [3.8, 4) is 5.75 Å². The number of halogens is 2. The molecule has 0 aliphatic heterocycles. The smallest absolute Gasteiger partial charge is 0.343 e. The molecule has 0 heterocycles. The van der Waals surface area contributed by atoms with Gasteiger partial charge in [0.1, 0.15) is 10.8 Å². The molecular formula is C23H20Cl2O4. The number of ketones is 1. The molecule has 6 heteroatoms. The zero-order valence-electron chi connectivity index (χ0n) is 16.0. The van der Waals surface area contributed by atoms with Crippen LogP contribution in [0.4, 0.5) is 0 Å². The van der Waals surface area contributed by atoms with Crippen LogP contribution in [-0.4, -0.2) is 25.5 Å². The van der Waals surface area contributed by atoms with Gasteiger partial charge < -0.3 is 9.47 Å². The van der Waals surface area contributed by atoms with E-state index in [2.05, 4.69) is 16.9 Å². The molecule has 0 N–H and O–H groups in total. The number of fused-ring (bicyclic) bond motifs is 3. The number of methoxy groups -OCH3 is 1. The van der Waals surface area contributed by atoms with E-state index < -0.39 is 5.97 Å². The highest BCUT2D eigenvalue weighted by Gasteiger charge is 2.46. The topological polar surface area (TPSA) is 52.6 Å². The maximum Gasteiger partial charge on any atom is 0.343 e. The number of allylic oxidation sites excluding steroid dienone is 2. The normalized spacial score (nSPS) is 20.0. The van der Waals surface area contributed by atoms with E-state index in [9.17, 15) is 9.59 Å². The van der Waals surface area contributed by atoms with Crippen LogP contribution in [0, 0.1) is 5.41 Å². The molecule has 150 valence electrons. The van der Waals surface area contributed by atoms with Gasteiger partial charge in [0.2, 0.25) is 0 Å². The van der Waals surface area contributed by atoms with Crippen LogP contribution in [0.2, 0.25) is 10.0 Å². The standard InChI is InChI=1S/C23H20Cl2O4/c1-28-19(27)13-29-18-9-15-12-23(11-14-5-3-2-4-6-14)8-7-16(26)10-17(23)20(15)22(25)21(18)24/h2-6,9-10H,7-8,11-13H2,1H3. The quantitative estimate of drug-likeness (QED) is 0.620. The average molecular weight is 431 g/mol. The molecule has 4 rings (SSSR count). The van der Waals surface area contributed by atoms with Gasteiger partial charge in [-0.05, 0) is 48.1 Å². The minimum absolute atomic E-state index is 0.106. The highest BCUT2D eigenvalue weighted by Crippen LogP contribution is 2.57. The maximum absolute atomic E-state index is 12.3. The van der Waals surface area contributed by atoms with Crippen molar-refractivity contribution in [1.82, 2.24) is 0 Å². The van der Waals surface area contributed by atoms with Gasteiger partial charge >= 0.3 is 5.97 Å². The van der Waals surface area contributed by atoms with Gasteiger partial charge in [0.05, 0.1) is 12.1 Å². The third-order valence-electron chi connectivity index (χ3n) is 5.74. The fraction of sp³-hybridized carbons (Fsp3) is 0.304. The lowest BCUT2D eigenvalue weighted by molar-refractivity contribution is -0.142. The summed E-state index contributed by atoms with van der Waals surface area (Å²) in [5, 5.41) is 0.601. The molecule has 0 amide bonds. The minimum Gasteiger partial charge on any atom is -0.480 e. The van der Waals surface area contributed by atoms with Gasteiger partial charge in [0.25, 0.3) is 0 Å². The van der Waals surface area contributed by atoms with Crippen LogP contribution in [0.5, 0.6) is 5.75 Å². The summed E-state index contributed by atoms with van der Waals surface area (Å²) in [5.74, 6) is -0.0452. The van der Waals surface area contributed by atoms with Crippen LogP contribution < -0.4 is 4.74 Å². The number of benzene rings is 2. The van der Waals surface area contributed by atoms with E-state index in [1.165, 1.54) is 12.7 Å². The number of carbonyl (C=O) groups is 2. The van der Waals surface area contributed by atoms with Crippen molar-refractivity contribution in [1.29, 1.82) is 0 Å². The summed E-state index contributed by atoms with van der Waals surface area (Å²) >= 11 is 13.1. The minimum atomic E-state index is -0.500. The largest absolute Gasteiger partial charge is 0.480 e. The Kier molecular flexibility index (Phi) is 5.41. The lowest BCUT2D eigenvalue weighted by Gasteiger charge is -2.34. The van der Waals surface area contributed by atoms with Gasteiger partial charge in [-0.2, -0.15) is 0 Å². The van der Waals surface area contributed by atoms with E-state index >= 15 is 0 Å². The van der Waals surface area contributed by atoms with Crippen LogP contribution >= 0.6 is 23.2 Å². The molecule has 0 fully saturated rings. The molecular weight excluding hydrogens is 411 g/mol. The molecule has 2 aromatic carbocycles. The summed E-state index contributed by atoms with van der Waals surface area (Å²) in [5.41, 5.74) is 3.78. The summed E-state index contributed by atoms with van der Waals surface area (Å²) in [6.07, 6.45) is 4.56. The first-order valence-corrected chi connectivity index (χ1v) is 10.2. The van der Waals surface area contributed by atoms with Crippen LogP contribution in [0.3, 0.4) is 0 Å². The van der Waals surface area contributed by atoms with Crippen molar-refractivity contribution < 1.29 is 19.1 Å². The highest BCUT2D eigenvalue weighted by molar-refractivity contribution is 6.44. The van der Waals surface area contributed by atoms with Crippen LogP contribution in [0.15, 0.2) is 42.5 Å². The maximum atomic E-state index is 12.3. The molecule has 1 atom stereocenters. The van der Waals surface area contributed by atoms with E-state index in [4.69, 9.17) is 27.9 Å². The van der Waals surface area contributed by atoms with E-state index in [-0.39, 0.29) is 22.8 Å². The molecule has 2 aromatic rings. The molecule has 0 saturated carbocycles.